The van der Waals surface area contributed by atoms with E-state index in [-0.39, 0.29) is 0 Å². The molecule has 2 aromatic carbocycles. The minimum atomic E-state index is 0.386. The molecule has 0 aliphatic carbocycles. The standard InChI is InChI=1S/C16H13N3/c17-15-13-7-3-1-5-11(13)9-19-10-12-6-2-4-8-14(12)16(19)18-15/h1-8,17H,9-10H2/p+1. The number of fused-ring (bicyclic) bond motifs is 4. The lowest BCUT2D eigenvalue weighted by Crippen LogP contribution is -3.10. The van der Waals surface area contributed by atoms with Crippen molar-refractivity contribution in [1.29, 1.82) is 5.41 Å². The normalized spacial score (nSPS) is 20.1. The summed E-state index contributed by atoms with van der Waals surface area (Å²) in [6, 6.07) is 16.5. The zero-order valence-corrected chi connectivity index (χ0v) is 10.5. The average molecular weight is 248 g/mol. The van der Waals surface area contributed by atoms with Gasteiger partial charge in [-0.15, -0.1) is 0 Å². The highest BCUT2D eigenvalue weighted by Gasteiger charge is 2.33. The molecular formula is C16H14N3+. The topological polar surface area (TPSA) is 40.6 Å². The van der Waals surface area contributed by atoms with Crippen LogP contribution in [0, 0.1) is 5.41 Å². The Kier molecular flexibility index (Phi) is 2.17. The van der Waals surface area contributed by atoms with Crippen LogP contribution in [-0.4, -0.2) is 11.7 Å². The van der Waals surface area contributed by atoms with E-state index >= 15 is 0 Å². The van der Waals surface area contributed by atoms with E-state index in [1.807, 2.05) is 24.3 Å². The van der Waals surface area contributed by atoms with Crippen LogP contribution in [0.5, 0.6) is 0 Å². The molecule has 0 spiro atoms. The van der Waals surface area contributed by atoms with Crippen LogP contribution in [0.15, 0.2) is 53.5 Å². The lowest BCUT2D eigenvalue weighted by atomic mass is 10.1. The minimum Gasteiger partial charge on any atom is -0.282 e. The van der Waals surface area contributed by atoms with Crippen molar-refractivity contribution in [2.45, 2.75) is 13.1 Å². The molecule has 0 amide bonds. The van der Waals surface area contributed by atoms with E-state index in [1.54, 1.807) is 0 Å². The van der Waals surface area contributed by atoms with E-state index in [0.717, 1.165) is 24.5 Å². The monoisotopic (exact) mass is 248 g/mol. The van der Waals surface area contributed by atoms with Crippen LogP contribution in [0.3, 0.4) is 0 Å². The molecule has 0 saturated carbocycles. The molecule has 0 fully saturated rings. The van der Waals surface area contributed by atoms with Crippen molar-refractivity contribution in [3.8, 4) is 0 Å². The molecular weight excluding hydrogens is 234 g/mol. The summed E-state index contributed by atoms with van der Waals surface area (Å²) in [6.45, 7) is 1.88. The van der Waals surface area contributed by atoms with E-state index < -0.39 is 0 Å². The number of nitrogens with one attached hydrogen (secondary N) is 2. The van der Waals surface area contributed by atoms with Crippen LogP contribution in [0.1, 0.15) is 22.3 Å². The highest BCUT2D eigenvalue weighted by atomic mass is 15.2. The molecule has 19 heavy (non-hydrogen) atoms. The number of quaternary nitrogens is 1. The van der Waals surface area contributed by atoms with E-state index in [0.29, 0.717) is 5.84 Å². The van der Waals surface area contributed by atoms with Crippen molar-refractivity contribution >= 4 is 11.7 Å². The first-order valence-electron chi connectivity index (χ1n) is 6.52. The Bertz CT molecular complexity index is 715. The minimum absolute atomic E-state index is 0.386. The lowest BCUT2D eigenvalue weighted by molar-refractivity contribution is -0.830. The Morgan fingerprint density at radius 2 is 1.42 bits per heavy atom. The smallest absolute Gasteiger partial charge is 0.236 e. The Labute approximate surface area is 111 Å². The third kappa shape index (κ3) is 1.55. The number of benzene rings is 2. The first-order chi connectivity index (χ1) is 9.33. The fraction of sp³-hybridized carbons (Fsp3) is 0.125. The van der Waals surface area contributed by atoms with E-state index in [1.165, 1.54) is 21.6 Å². The molecule has 0 radical (unpaired) electrons. The van der Waals surface area contributed by atoms with Gasteiger partial charge in [0, 0.05) is 16.7 Å². The number of aliphatic imine (C=N–C) groups is 1. The van der Waals surface area contributed by atoms with Crippen molar-refractivity contribution in [2.75, 3.05) is 0 Å². The van der Waals surface area contributed by atoms with Gasteiger partial charge in [-0.2, -0.15) is 4.99 Å². The molecule has 0 aromatic heterocycles. The Morgan fingerprint density at radius 1 is 0.842 bits per heavy atom. The summed E-state index contributed by atoms with van der Waals surface area (Å²) >= 11 is 0. The summed E-state index contributed by atoms with van der Waals surface area (Å²) in [5.41, 5.74) is 4.72. The van der Waals surface area contributed by atoms with Gasteiger partial charge in [-0.1, -0.05) is 42.5 Å². The van der Waals surface area contributed by atoms with Crippen LogP contribution in [0.4, 0.5) is 0 Å². The number of hydrogen-bond acceptors (Lipinski definition) is 1. The van der Waals surface area contributed by atoms with Crippen molar-refractivity contribution < 1.29 is 4.90 Å². The van der Waals surface area contributed by atoms with Gasteiger partial charge in [0.05, 0.1) is 5.56 Å². The van der Waals surface area contributed by atoms with Gasteiger partial charge >= 0.3 is 0 Å². The highest BCUT2D eigenvalue weighted by Crippen LogP contribution is 2.18. The predicted octanol–water partition coefficient (Wildman–Crippen LogP) is 1.37. The van der Waals surface area contributed by atoms with Crippen LogP contribution < -0.4 is 4.90 Å². The van der Waals surface area contributed by atoms with Crippen LogP contribution in [-0.2, 0) is 13.1 Å². The molecule has 2 heterocycles. The molecule has 2 N–H and O–H groups in total. The molecule has 1 unspecified atom stereocenters. The fourth-order valence-corrected chi connectivity index (χ4v) is 3.00. The van der Waals surface area contributed by atoms with Gasteiger partial charge in [-0.05, 0) is 6.07 Å². The van der Waals surface area contributed by atoms with E-state index in [9.17, 15) is 0 Å². The quantitative estimate of drug-likeness (QED) is 0.707. The second-order valence-electron chi connectivity index (χ2n) is 5.08. The molecule has 2 aliphatic heterocycles. The second-order valence-corrected chi connectivity index (χ2v) is 5.08. The number of rotatable bonds is 0. The zero-order chi connectivity index (χ0) is 12.8. The van der Waals surface area contributed by atoms with Crippen molar-refractivity contribution in [1.82, 2.24) is 0 Å². The number of amidine groups is 2. The summed E-state index contributed by atoms with van der Waals surface area (Å²) in [7, 11) is 0. The van der Waals surface area contributed by atoms with Crippen molar-refractivity contribution in [3.63, 3.8) is 0 Å². The molecule has 4 rings (SSSR count). The Morgan fingerprint density at radius 3 is 2.16 bits per heavy atom. The number of nitrogens with zero attached hydrogens (tertiary/aromatic N) is 1. The van der Waals surface area contributed by atoms with Gasteiger partial charge in [0.15, 0.2) is 5.84 Å². The fourth-order valence-electron chi connectivity index (χ4n) is 3.00. The maximum atomic E-state index is 8.20. The van der Waals surface area contributed by atoms with Gasteiger partial charge in [0.1, 0.15) is 13.1 Å². The van der Waals surface area contributed by atoms with Gasteiger partial charge < -0.3 is 0 Å². The molecule has 0 saturated heterocycles. The first-order valence-corrected chi connectivity index (χ1v) is 6.52. The molecule has 3 heteroatoms. The maximum Gasteiger partial charge on any atom is 0.236 e. The lowest BCUT2D eigenvalue weighted by Gasteiger charge is -2.11. The summed E-state index contributed by atoms with van der Waals surface area (Å²) in [4.78, 5) is 5.93. The largest absolute Gasteiger partial charge is 0.282 e. The molecule has 1 atom stereocenters. The van der Waals surface area contributed by atoms with E-state index in [4.69, 9.17) is 5.41 Å². The maximum absolute atomic E-state index is 8.20. The van der Waals surface area contributed by atoms with Crippen molar-refractivity contribution in [2.24, 2.45) is 4.99 Å². The molecule has 0 bridgehead atoms. The van der Waals surface area contributed by atoms with Gasteiger partial charge in [-0.25, -0.2) is 0 Å². The van der Waals surface area contributed by atoms with Crippen molar-refractivity contribution in [3.05, 3.63) is 70.8 Å². The molecule has 92 valence electrons. The molecule has 2 aliphatic rings. The summed E-state index contributed by atoms with van der Waals surface area (Å²) < 4.78 is 0. The Hall–Kier alpha value is -2.26. The second kappa shape index (κ2) is 3.87. The molecule has 3 nitrogen and oxygen atoms in total. The van der Waals surface area contributed by atoms with Crippen LogP contribution in [0.25, 0.3) is 0 Å². The van der Waals surface area contributed by atoms with Crippen LogP contribution >= 0.6 is 0 Å². The SMILES string of the molecule is N=C1N=C2c3ccccc3C[NH+]2Cc2ccccc21. The van der Waals surface area contributed by atoms with Gasteiger partial charge in [-0.3, -0.25) is 10.3 Å². The third-order valence-electron chi connectivity index (χ3n) is 3.91. The zero-order valence-electron chi connectivity index (χ0n) is 10.5. The Balaban J connectivity index is 1.89. The van der Waals surface area contributed by atoms with Gasteiger partial charge in [0.25, 0.3) is 0 Å². The summed E-state index contributed by atoms with van der Waals surface area (Å²) in [5, 5.41) is 8.20. The summed E-state index contributed by atoms with van der Waals surface area (Å²) in [6.07, 6.45) is 0. The average Bonchev–Trinajstić information content (AvgIpc) is 2.70. The van der Waals surface area contributed by atoms with E-state index in [2.05, 4.69) is 29.3 Å². The number of hydrogen-bond donors (Lipinski definition) is 2. The summed E-state index contributed by atoms with van der Waals surface area (Å²) in [5.74, 6) is 1.41. The first kappa shape index (κ1) is 10.6. The van der Waals surface area contributed by atoms with Gasteiger partial charge in [0.2, 0.25) is 5.84 Å². The third-order valence-corrected chi connectivity index (χ3v) is 3.91. The molecule has 2 aromatic rings. The van der Waals surface area contributed by atoms with Crippen LogP contribution in [0.2, 0.25) is 0 Å². The highest BCUT2D eigenvalue weighted by molar-refractivity contribution is 6.09. The predicted molar refractivity (Wildman–Crippen MR) is 74.6 cm³/mol.